The van der Waals surface area contributed by atoms with Gasteiger partial charge in [-0.15, -0.1) is 0 Å². The molecule has 0 amide bonds. The summed E-state index contributed by atoms with van der Waals surface area (Å²) in [5, 5.41) is 20.3. The van der Waals surface area contributed by atoms with E-state index in [-0.39, 0.29) is 6.10 Å². The maximum absolute atomic E-state index is 11.2. The second kappa shape index (κ2) is 7.04. The fourth-order valence-electron chi connectivity index (χ4n) is 8.78. The Morgan fingerprint density at radius 2 is 1.78 bits per heavy atom. The number of aliphatic hydroxyl groups is 1. The molecule has 0 heterocycles. The van der Waals surface area contributed by atoms with E-state index in [9.17, 15) is 9.90 Å². The molecule has 9 atom stereocenters. The van der Waals surface area contributed by atoms with Crippen molar-refractivity contribution < 1.29 is 15.0 Å². The third-order valence-corrected chi connectivity index (χ3v) is 10.2. The van der Waals surface area contributed by atoms with E-state index in [1.165, 1.54) is 51.4 Å². The summed E-state index contributed by atoms with van der Waals surface area (Å²) in [5.41, 5.74) is 0.758. The van der Waals surface area contributed by atoms with Crippen LogP contribution in [-0.4, -0.2) is 22.3 Å². The van der Waals surface area contributed by atoms with Gasteiger partial charge < -0.3 is 10.2 Å². The molecule has 0 spiro atoms. The molecule has 27 heavy (non-hydrogen) atoms. The van der Waals surface area contributed by atoms with Crippen molar-refractivity contribution >= 4 is 5.97 Å². The highest BCUT2D eigenvalue weighted by atomic mass is 16.4. The average molecular weight is 377 g/mol. The van der Waals surface area contributed by atoms with Crippen molar-refractivity contribution in [2.24, 2.45) is 46.3 Å². The number of carboxylic acids is 1. The predicted molar refractivity (Wildman–Crippen MR) is 107 cm³/mol. The zero-order chi connectivity index (χ0) is 19.4. The van der Waals surface area contributed by atoms with Gasteiger partial charge in [-0.25, -0.2) is 0 Å². The highest BCUT2D eigenvalue weighted by molar-refractivity contribution is 5.66. The molecule has 1 unspecified atom stereocenters. The van der Waals surface area contributed by atoms with E-state index in [1.807, 2.05) is 0 Å². The highest BCUT2D eigenvalue weighted by Crippen LogP contribution is 2.68. The second-order valence-electron chi connectivity index (χ2n) is 11.2. The predicted octanol–water partition coefficient (Wildman–Crippen LogP) is 5.51. The van der Waals surface area contributed by atoms with Crippen LogP contribution in [0.25, 0.3) is 0 Å². The minimum absolute atomic E-state index is 0.108. The summed E-state index contributed by atoms with van der Waals surface area (Å²) in [6.45, 7) is 7.33. The second-order valence-corrected chi connectivity index (χ2v) is 11.2. The molecule has 3 nitrogen and oxygen atoms in total. The SMILES string of the molecule is C[C@H](CCC(=O)O)[C@H]1CC[C@H]2[C@@H]3[C@@H](O)CC4CCCC[C@]4(C)[C@H]3CC[C@]12C. The number of carboxylic acid groups (broad SMARTS) is 1. The Morgan fingerprint density at radius 3 is 2.52 bits per heavy atom. The third kappa shape index (κ3) is 3.07. The average Bonchev–Trinajstić information content (AvgIpc) is 2.97. The van der Waals surface area contributed by atoms with Gasteiger partial charge in [-0.05, 0) is 97.7 Å². The van der Waals surface area contributed by atoms with Gasteiger partial charge in [0.1, 0.15) is 0 Å². The standard InChI is InChI=1S/C24H40O3/c1-15(7-10-21(26)27)17-8-9-18-22-19(11-13-24(17,18)3)23(2)12-5-4-6-16(23)14-20(22)25/h15-20,22,25H,4-14H2,1-3H3,(H,26,27)/t15-,16?,17-,18+,19+,20+,22+,23+,24-/m1/s1. The molecule has 4 saturated carbocycles. The topological polar surface area (TPSA) is 57.5 Å². The molecule has 2 N–H and O–H groups in total. The summed E-state index contributed by atoms with van der Waals surface area (Å²) in [4.78, 5) is 11.0. The minimum atomic E-state index is -0.663. The summed E-state index contributed by atoms with van der Waals surface area (Å²) in [6, 6.07) is 0. The van der Waals surface area contributed by atoms with Crippen molar-refractivity contribution in [2.75, 3.05) is 0 Å². The lowest BCUT2D eigenvalue weighted by Crippen LogP contribution is -2.57. The Bertz CT molecular complexity index is 574. The molecular weight excluding hydrogens is 336 g/mol. The first-order valence-electron chi connectivity index (χ1n) is 11.7. The van der Waals surface area contributed by atoms with Gasteiger partial charge in [0.15, 0.2) is 0 Å². The lowest BCUT2D eigenvalue weighted by molar-refractivity contribution is -0.164. The number of carbonyl (C=O) groups is 1. The van der Waals surface area contributed by atoms with Gasteiger partial charge in [0.2, 0.25) is 0 Å². The Morgan fingerprint density at radius 1 is 1.04 bits per heavy atom. The lowest BCUT2D eigenvalue weighted by Gasteiger charge is -2.62. The van der Waals surface area contributed by atoms with E-state index in [4.69, 9.17) is 5.11 Å². The molecule has 4 aliphatic rings. The molecule has 154 valence electrons. The molecule has 0 aromatic heterocycles. The zero-order valence-corrected chi connectivity index (χ0v) is 17.6. The molecule has 0 aliphatic heterocycles. The van der Waals surface area contributed by atoms with Crippen LogP contribution in [0.15, 0.2) is 0 Å². The van der Waals surface area contributed by atoms with Gasteiger partial charge in [0.25, 0.3) is 0 Å². The van der Waals surface area contributed by atoms with E-state index in [1.54, 1.807) is 0 Å². The highest BCUT2D eigenvalue weighted by Gasteiger charge is 2.62. The van der Waals surface area contributed by atoms with Crippen molar-refractivity contribution in [3.05, 3.63) is 0 Å². The molecule has 4 aliphatic carbocycles. The van der Waals surface area contributed by atoms with E-state index >= 15 is 0 Å². The van der Waals surface area contributed by atoms with Crippen LogP contribution in [0.5, 0.6) is 0 Å². The number of fused-ring (bicyclic) bond motifs is 5. The number of aliphatic hydroxyl groups excluding tert-OH is 1. The summed E-state index contributed by atoms with van der Waals surface area (Å²) in [6.07, 6.45) is 12.5. The van der Waals surface area contributed by atoms with E-state index in [2.05, 4.69) is 20.8 Å². The van der Waals surface area contributed by atoms with E-state index in [0.717, 1.165) is 18.8 Å². The first kappa shape index (κ1) is 19.7. The van der Waals surface area contributed by atoms with Gasteiger partial charge >= 0.3 is 5.97 Å². The van der Waals surface area contributed by atoms with Crippen molar-refractivity contribution in [3.63, 3.8) is 0 Å². The molecule has 0 aromatic carbocycles. The van der Waals surface area contributed by atoms with Gasteiger partial charge in [0, 0.05) is 6.42 Å². The van der Waals surface area contributed by atoms with Crippen LogP contribution in [-0.2, 0) is 4.79 Å². The Kier molecular flexibility index (Phi) is 5.15. The van der Waals surface area contributed by atoms with Gasteiger partial charge in [-0.1, -0.05) is 33.6 Å². The van der Waals surface area contributed by atoms with Crippen LogP contribution in [0.4, 0.5) is 0 Å². The van der Waals surface area contributed by atoms with Crippen LogP contribution in [0.1, 0.15) is 91.4 Å². The molecule has 0 bridgehead atoms. The first-order chi connectivity index (χ1) is 12.8. The molecule has 0 aromatic rings. The smallest absolute Gasteiger partial charge is 0.303 e. The number of aliphatic carboxylic acids is 1. The molecule has 4 fully saturated rings. The maximum Gasteiger partial charge on any atom is 0.303 e. The number of rotatable bonds is 4. The van der Waals surface area contributed by atoms with Crippen LogP contribution in [0.3, 0.4) is 0 Å². The molecule has 3 heteroatoms. The largest absolute Gasteiger partial charge is 0.481 e. The fraction of sp³-hybridized carbons (Fsp3) is 0.958. The van der Waals surface area contributed by atoms with Crippen LogP contribution >= 0.6 is 0 Å². The quantitative estimate of drug-likeness (QED) is 0.680. The number of hydrogen-bond donors (Lipinski definition) is 2. The van der Waals surface area contributed by atoms with Gasteiger partial charge in [0.05, 0.1) is 6.10 Å². The Labute approximate surface area is 165 Å². The van der Waals surface area contributed by atoms with Crippen LogP contribution < -0.4 is 0 Å². The molecule has 0 saturated heterocycles. The summed E-state index contributed by atoms with van der Waals surface area (Å²) in [5.74, 6) is 3.02. The third-order valence-electron chi connectivity index (χ3n) is 10.2. The summed E-state index contributed by atoms with van der Waals surface area (Å²) >= 11 is 0. The van der Waals surface area contributed by atoms with Crippen molar-refractivity contribution in [1.29, 1.82) is 0 Å². The summed E-state index contributed by atoms with van der Waals surface area (Å²) in [7, 11) is 0. The van der Waals surface area contributed by atoms with E-state index in [0.29, 0.717) is 46.8 Å². The lowest BCUT2D eigenvalue weighted by atomic mass is 9.44. The minimum Gasteiger partial charge on any atom is -0.481 e. The Balaban J connectivity index is 1.56. The van der Waals surface area contributed by atoms with Crippen molar-refractivity contribution in [2.45, 2.75) is 97.5 Å². The zero-order valence-electron chi connectivity index (χ0n) is 17.6. The molecule has 0 radical (unpaired) electrons. The maximum atomic E-state index is 11.2. The van der Waals surface area contributed by atoms with Gasteiger partial charge in [-0.3, -0.25) is 4.79 Å². The first-order valence-corrected chi connectivity index (χ1v) is 11.7. The summed E-state index contributed by atoms with van der Waals surface area (Å²) < 4.78 is 0. The van der Waals surface area contributed by atoms with Crippen LogP contribution in [0.2, 0.25) is 0 Å². The molecule has 4 rings (SSSR count). The van der Waals surface area contributed by atoms with Gasteiger partial charge in [-0.2, -0.15) is 0 Å². The monoisotopic (exact) mass is 376 g/mol. The van der Waals surface area contributed by atoms with Crippen molar-refractivity contribution in [1.82, 2.24) is 0 Å². The van der Waals surface area contributed by atoms with E-state index < -0.39 is 5.97 Å². The van der Waals surface area contributed by atoms with Crippen LogP contribution in [0, 0.1) is 46.3 Å². The Hall–Kier alpha value is -0.570. The fourth-order valence-corrected chi connectivity index (χ4v) is 8.78. The number of hydrogen-bond acceptors (Lipinski definition) is 2. The molecular formula is C24H40O3. The van der Waals surface area contributed by atoms with Crippen molar-refractivity contribution in [3.8, 4) is 0 Å². The normalized spacial score (nSPS) is 50.4.